The van der Waals surface area contributed by atoms with Gasteiger partial charge in [0.05, 0.1) is 22.2 Å². The normalized spacial score (nSPS) is 22.0. The molecule has 3 rings (SSSR count). The van der Waals surface area contributed by atoms with E-state index in [1.807, 2.05) is 45.0 Å². The van der Waals surface area contributed by atoms with Crippen LogP contribution in [-0.4, -0.2) is 83.8 Å². The summed E-state index contributed by atoms with van der Waals surface area (Å²) in [6.45, 7) is 7.96. The lowest BCUT2D eigenvalue weighted by molar-refractivity contribution is -0.293. The van der Waals surface area contributed by atoms with Gasteiger partial charge in [0.25, 0.3) is 0 Å². The number of aliphatic hydroxyl groups excluding tert-OH is 3. The van der Waals surface area contributed by atoms with Crippen molar-refractivity contribution in [3.63, 3.8) is 0 Å². The molecular weight excluding hydrogens is 617 g/mol. The quantitative estimate of drug-likeness (QED) is 0.184. The van der Waals surface area contributed by atoms with Crippen molar-refractivity contribution in [2.45, 2.75) is 90.0 Å². The van der Waals surface area contributed by atoms with Gasteiger partial charge in [-0.05, 0) is 63.4 Å². The van der Waals surface area contributed by atoms with Crippen molar-refractivity contribution >= 4 is 35.1 Å². The van der Waals surface area contributed by atoms with Gasteiger partial charge in [0.1, 0.15) is 30.5 Å². The van der Waals surface area contributed by atoms with Gasteiger partial charge < -0.3 is 44.3 Å². The Hall–Kier alpha value is -2.48. The highest BCUT2D eigenvalue weighted by Gasteiger charge is 2.47. The summed E-state index contributed by atoms with van der Waals surface area (Å²) in [6, 6.07) is 9.09. The van der Waals surface area contributed by atoms with E-state index in [0.717, 1.165) is 11.1 Å². The first-order chi connectivity index (χ1) is 20.7. The zero-order valence-electron chi connectivity index (χ0n) is 25.5. The monoisotopic (exact) mass is 657 g/mol. The van der Waals surface area contributed by atoms with E-state index in [2.05, 4.69) is 5.32 Å². The third-order valence-corrected chi connectivity index (χ3v) is 7.53. The average molecular weight is 659 g/mol. The standard InChI is InChI=1S/C31H41Cl2NO10/c1-17-20(29(39)43-28-26(38)25(37)22(15-35)42-30(28)40-5)13-21(32)27(24(17)33)41-16-19-9-6-8-18(12-19)14-34-11-7-10-23(36)44-31(2,3)4/h6,8-9,12-13,22,25-26,28,30,34-35,37-38H,7,10-11,14-16H2,1-5H3/t22-,25-,26+,28-,30+/m1/s1. The van der Waals surface area contributed by atoms with Crippen molar-refractivity contribution in [1.82, 2.24) is 5.32 Å². The molecule has 2 aromatic carbocycles. The minimum atomic E-state index is -1.58. The van der Waals surface area contributed by atoms with Crippen LogP contribution in [-0.2, 0) is 36.9 Å². The van der Waals surface area contributed by atoms with E-state index in [-0.39, 0.29) is 33.9 Å². The maximum Gasteiger partial charge on any atom is 0.339 e. The van der Waals surface area contributed by atoms with Crippen LogP contribution in [0, 0.1) is 6.92 Å². The maximum absolute atomic E-state index is 13.1. The Morgan fingerprint density at radius 3 is 2.45 bits per heavy atom. The third-order valence-electron chi connectivity index (χ3n) is 6.80. The van der Waals surface area contributed by atoms with Gasteiger partial charge in [-0.2, -0.15) is 0 Å². The highest BCUT2D eigenvalue weighted by molar-refractivity contribution is 6.38. The molecule has 0 amide bonds. The number of methoxy groups -OCH3 is 1. The molecule has 11 nitrogen and oxygen atoms in total. The minimum absolute atomic E-state index is 0.0212. The predicted molar refractivity (Wildman–Crippen MR) is 163 cm³/mol. The van der Waals surface area contributed by atoms with Crippen molar-refractivity contribution in [2.75, 3.05) is 20.3 Å². The lowest BCUT2D eigenvalue weighted by Gasteiger charge is -2.40. The molecule has 4 N–H and O–H groups in total. The number of halogens is 2. The molecule has 244 valence electrons. The fourth-order valence-corrected chi connectivity index (χ4v) is 5.13. The number of rotatable bonds is 13. The second kappa shape index (κ2) is 16.2. The van der Waals surface area contributed by atoms with Crippen molar-refractivity contribution in [2.24, 2.45) is 0 Å². The first-order valence-corrected chi connectivity index (χ1v) is 15.0. The van der Waals surface area contributed by atoms with Crippen LogP contribution in [0.1, 0.15) is 60.7 Å². The number of carbonyl (C=O) groups excluding carboxylic acids is 2. The Labute approximate surface area is 267 Å². The number of benzene rings is 2. The zero-order chi connectivity index (χ0) is 32.6. The molecule has 0 radical (unpaired) electrons. The zero-order valence-corrected chi connectivity index (χ0v) is 27.0. The molecule has 0 unspecified atom stereocenters. The van der Waals surface area contributed by atoms with Gasteiger partial charge >= 0.3 is 11.9 Å². The molecule has 13 heteroatoms. The Bertz CT molecular complexity index is 1280. The van der Waals surface area contributed by atoms with Crippen molar-refractivity contribution in [3.05, 3.63) is 62.6 Å². The van der Waals surface area contributed by atoms with E-state index in [1.165, 1.54) is 13.2 Å². The second-order valence-corrected chi connectivity index (χ2v) is 12.2. The molecule has 0 bridgehead atoms. The van der Waals surface area contributed by atoms with E-state index >= 15 is 0 Å². The second-order valence-electron chi connectivity index (χ2n) is 11.5. The maximum atomic E-state index is 13.1. The summed E-state index contributed by atoms with van der Waals surface area (Å²) in [5.74, 6) is -0.913. The molecule has 2 aromatic rings. The summed E-state index contributed by atoms with van der Waals surface area (Å²) in [4.78, 5) is 24.9. The van der Waals surface area contributed by atoms with Crippen molar-refractivity contribution < 1.29 is 48.6 Å². The Morgan fingerprint density at radius 2 is 1.80 bits per heavy atom. The lowest BCUT2D eigenvalue weighted by Crippen LogP contribution is -2.60. The van der Waals surface area contributed by atoms with Gasteiger partial charge in [-0.25, -0.2) is 4.79 Å². The van der Waals surface area contributed by atoms with Gasteiger partial charge in [0.15, 0.2) is 18.1 Å². The van der Waals surface area contributed by atoms with E-state index in [9.17, 15) is 24.9 Å². The molecule has 1 fully saturated rings. The van der Waals surface area contributed by atoms with Gasteiger partial charge in [0.2, 0.25) is 0 Å². The van der Waals surface area contributed by atoms with Crippen molar-refractivity contribution in [1.29, 1.82) is 0 Å². The van der Waals surface area contributed by atoms with Crippen LogP contribution in [0.15, 0.2) is 30.3 Å². The van der Waals surface area contributed by atoms with Crippen LogP contribution in [0.2, 0.25) is 10.0 Å². The Balaban J connectivity index is 1.59. The predicted octanol–water partition coefficient (Wildman–Crippen LogP) is 3.70. The summed E-state index contributed by atoms with van der Waals surface area (Å²) in [5.41, 5.74) is 1.74. The van der Waals surface area contributed by atoms with Crippen LogP contribution in [0.3, 0.4) is 0 Å². The minimum Gasteiger partial charge on any atom is -0.486 e. The highest BCUT2D eigenvalue weighted by Crippen LogP contribution is 2.39. The number of hydrogen-bond donors (Lipinski definition) is 4. The topological polar surface area (TPSA) is 153 Å². The van der Waals surface area contributed by atoms with Crippen LogP contribution >= 0.6 is 23.2 Å². The molecule has 1 aliphatic rings. The molecule has 1 saturated heterocycles. The van der Waals surface area contributed by atoms with Crippen molar-refractivity contribution in [3.8, 4) is 5.75 Å². The molecule has 0 aliphatic carbocycles. The van der Waals surface area contributed by atoms with E-state index in [4.69, 9.17) is 46.9 Å². The van der Waals surface area contributed by atoms with Gasteiger partial charge in [-0.1, -0.05) is 47.5 Å². The number of carbonyl (C=O) groups is 2. The first kappa shape index (κ1) is 36.0. The van der Waals surface area contributed by atoms with Gasteiger partial charge in [0, 0.05) is 20.1 Å². The fraction of sp³-hybridized carbons (Fsp3) is 0.548. The average Bonchev–Trinajstić information content (AvgIpc) is 2.96. The summed E-state index contributed by atoms with van der Waals surface area (Å²) >= 11 is 13.0. The number of ether oxygens (including phenoxy) is 5. The van der Waals surface area contributed by atoms with E-state index in [1.54, 1.807) is 6.92 Å². The SMILES string of the molecule is CO[C@H]1O[C@H](CO)[C@@H](O)[C@H](O)[C@H]1OC(=O)c1cc(Cl)c(OCc2cccc(CNCCCC(=O)OC(C)(C)C)c2)c(Cl)c1C. The van der Waals surface area contributed by atoms with Crippen LogP contribution in [0.5, 0.6) is 5.75 Å². The molecular formula is C31H41Cl2NO10. The van der Waals surface area contributed by atoms with Gasteiger partial charge in [-0.15, -0.1) is 0 Å². The highest BCUT2D eigenvalue weighted by atomic mass is 35.5. The molecule has 0 aromatic heterocycles. The molecule has 0 saturated carbocycles. The van der Waals surface area contributed by atoms with Gasteiger partial charge in [-0.3, -0.25) is 4.79 Å². The molecule has 44 heavy (non-hydrogen) atoms. The smallest absolute Gasteiger partial charge is 0.339 e. The summed E-state index contributed by atoms with van der Waals surface area (Å²) in [6.07, 6.45) is -5.81. The van der Waals surface area contributed by atoms with E-state index < -0.39 is 48.9 Å². The molecule has 1 aliphatic heterocycles. The Kier molecular flexibility index (Phi) is 13.2. The third kappa shape index (κ3) is 9.76. The van der Waals surface area contributed by atoms with E-state index in [0.29, 0.717) is 31.5 Å². The summed E-state index contributed by atoms with van der Waals surface area (Å²) in [7, 11) is 1.27. The molecule has 0 spiro atoms. The Morgan fingerprint density at radius 1 is 1.09 bits per heavy atom. The fourth-order valence-electron chi connectivity index (χ4n) is 4.56. The largest absolute Gasteiger partial charge is 0.486 e. The molecule has 1 heterocycles. The number of hydrogen-bond acceptors (Lipinski definition) is 11. The van der Waals surface area contributed by atoms with Crippen LogP contribution in [0.4, 0.5) is 0 Å². The first-order valence-electron chi connectivity index (χ1n) is 14.2. The number of aliphatic hydroxyl groups is 3. The molecule has 5 atom stereocenters. The summed E-state index contributed by atoms with van der Waals surface area (Å²) in [5, 5.41) is 33.6. The number of nitrogens with one attached hydrogen (secondary N) is 1. The lowest BCUT2D eigenvalue weighted by atomic mass is 9.99. The number of esters is 2. The van der Waals surface area contributed by atoms with Crippen LogP contribution in [0.25, 0.3) is 0 Å². The summed E-state index contributed by atoms with van der Waals surface area (Å²) < 4.78 is 27.3. The van der Waals surface area contributed by atoms with Crippen LogP contribution < -0.4 is 10.1 Å².